The summed E-state index contributed by atoms with van der Waals surface area (Å²) in [6.45, 7) is 0.554. The minimum Gasteiger partial charge on any atom is -0.302 e. The zero-order valence-corrected chi connectivity index (χ0v) is 18.2. The number of aromatic nitrogens is 1. The normalized spacial score (nSPS) is 17.1. The second-order valence-corrected chi connectivity index (χ2v) is 10.0. The maximum atomic E-state index is 12.9. The maximum Gasteiger partial charge on any atom is 0.243 e. The number of sulfonamides is 1. The fourth-order valence-corrected chi connectivity index (χ4v) is 5.77. The molecule has 1 unspecified atom stereocenters. The van der Waals surface area contributed by atoms with Gasteiger partial charge in [-0.2, -0.15) is 9.57 Å². The molecule has 1 saturated heterocycles. The maximum absolute atomic E-state index is 12.9. The van der Waals surface area contributed by atoms with Crippen molar-refractivity contribution in [3.63, 3.8) is 0 Å². The second kappa shape index (κ2) is 8.98. The van der Waals surface area contributed by atoms with E-state index in [2.05, 4.69) is 16.4 Å². The van der Waals surface area contributed by atoms with Crippen LogP contribution in [0.25, 0.3) is 11.3 Å². The largest absolute Gasteiger partial charge is 0.302 e. The predicted octanol–water partition coefficient (Wildman–Crippen LogP) is 3.72. The van der Waals surface area contributed by atoms with Crippen molar-refractivity contribution in [2.75, 3.05) is 18.4 Å². The van der Waals surface area contributed by atoms with E-state index in [9.17, 15) is 13.2 Å². The van der Waals surface area contributed by atoms with Gasteiger partial charge < -0.3 is 5.32 Å². The summed E-state index contributed by atoms with van der Waals surface area (Å²) in [7, 11) is -3.62. The van der Waals surface area contributed by atoms with Crippen LogP contribution in [0.4, 0.5) is 5.13 Å². The van der Waals surface area contributed by atoms with Gasteiger partial charge in [-0.1, -0.05) is 30.3 Å². The fraction of sp³-hybridized carbons (Fsp3) is 0.227. The molecule has 31 heavy (non-hydrogen) atoms. The van der Waals surface area contributed by atoms with Crippen molar-refractivity contribution in [3.05, 3.63) is 65.5 Å². The number of nitrogens with zero attached hydrogens (tertiary/aromatic N) is 3. The highest BCUT2D eigenvalue weighted by atomic mass is 32.2. The molecule has 1 aromatic heterocycles. The van der Waals surface area contributed by atoms with E-state index in [1.54, 1.807) is 42.5 Å². The SMILES string of the molecule is N#Cc1ccc(-c2csc(NC(=O)C3CCCN(S(=O)(=O)c4ccccc4)C3)n2)cc1. The van der Waals surface area contributed by atoms with Crippen molar-refractivity contribution in [2.45, 2.75) is 17.7 Å². The molecule has 0 spiro atoms. The lowest BCUT2D eigenvalue weighted by atomic mass is 9.99. The first-order chi connectivity index (χ1) is 15.0. The van der Waals surface area contributed by atoms with Crippen LogP contribution in [0.5, 0.6) is 0 Å². The zero-order valence-electron chi connectivity index (χ0n) is 16.6. The van der Waals surface area contributed by atoms with Gasteiger partial charge in [0.15, 0.2) is 5.13 Å². The van der Waals surface area contributed by atoms with E-state index in [1.165, 1.54) is 15.6 Å². The summed E-state index contributed by atoms with van der Waals surface area (Å²) in [5, 5.41) is 14.0. The quantitative estimate of drug-likeness (QED) is 0.635. The van der Waals surface area contributed by atoms with Crippen LogP contribution < -0.4 is 5.32 Å². The Balaban J connectivity index is 1.43. The number of amides is 1. The van der Waals surface area contributed by atoms with Gasteiger partial charge >= 0.3 is 0 Å². The van der Waals surface area contributed by atoms with E-state index in [0.717, 1.165) is 5.56 Å². The third kappa shape index (κ3) is 4.66. The molecule has 1 aliphatic rings. The average Bonchev–Trinajstić information content (AvgIpc) is 3.28. The molecule has 1 amide bonds. The Bertz CT molecular complexity index is 1220. The molecule has 158 valence electrons. The predicted molar refractivity (Wildman–Crippen MR) is 119 cm³/mol. The minimum atomic E-state index is -3.62. The number of anilines is 1. The van der Waals surface area contributed by atoms with E-state index < -0.39 is 15.9 Å². The second-order valence-electron chi connectivity index (χ2n) is 7.23. The van der Waals surface area contributed by atoms with Crippen LogP contribution in [0, 0.1) is 17.2 Å². The van der Waals surface area contributed by atoms with Crippen molar-refractivity contribution in [1.29, 1.82) is 5.26 Å². The molecule has 0 radical (unpaired) electrons. The molecule has 0 saturated carbocycles. The number of carbonyl (C=O) groups is 1. The molecular weight excluding hydrogens is 432 g/mol. The number of hydrogen-bond donors (Lipinski definition) is 1. The highest BCUT2D eigenvalue weighted by molar-refractivity contribution is 7.89. The molecule has 2 heterocycles. The number of piperidine rings is 1. The highest BCUT2D eigenvalue weighted by Crippen LogP contribution is 2.28. The van der Waals surface area contributed by atoms with Gasteiger partial charge in [0.25, 0.3) is 0 Å². The van der Waals surface area contributed by atoms with Crippen molar-refractivity contribution in [1.82, 2.24) is 9.29 Å². The topological polar surface area (TPSA) is 103 Å². The molecule has 4 rings (SSSR count). The number of benzene rings is 2. The van der Waals surface area contributed by atoms with Crippen LogP contribution in [-0.2, 0) is 14.8 Å². The Labute approximate surface area is 185 Å². The molecule has 0 bridgehead atoms. The molecule has 3 aromatic rings. The van der Waals surface area contributed by atoms with E-state index in [4.69, 9.17) is 5.26 Å². The molecule has 1 fully saturated rings. The summed E-state index contributed by atoms with van der Waals surface area (Å²) in [6.07, 6.45) is 1.25. The lowest BCUT2D eigenvalue weighted by Crippen LogP contribution is -2.43. The van der Waals surface area contributed by atoms with Gasteiger partial charge in [-0.25, -0.2) is 13.4 Å². The monoisotopic (exact) mass is 452 g/mol. The number of nitrogens with one attached hydrogen (secondary N) is 1. The number of rotatable bonds is 5. The summed E-state index contributed by atoms with van der Waals surface area (Å²) in [6, 6.07) is 17.4. The summed E-state index contributed by atoms with van der Waals surface area (Å²) >= 11 is 1.31. The van der Waals surface area contributed by atoms with Gasteiger partial charge in [-0.05, 0) is 37.1 Å². The van der Waals surface area contributed by atoms with Crippen LogP contribution in [0.1, 0.15) is 18.4 Å². The Morgan fingerprint density at radius 1 is 1.16 bits per heavy atom. The van der Waals surface area contributed by atoms with Gasteiger partial charge in [0.1, 0.15) is 0 Å². The van der Waals surface area contributed by atoms with Crippen LogP contribution >= 0.6 is 11.3 Å². The Kier molecular flexibility index (Phi) is 6.13. The molecule has 2 aromatic carbocycles. The van der Waals surface area contributed by atoms with Gasteiger partial charge in [0, 0.05) is 24.0 Å². The number of nitriles is 1. The van der Waals surface area contributed by atoms with Gasteiger partial charge in [-0.3, -0.25) is 4.79 Å². The third-order valence-corrected chi connectivity index (χ3v) is 7.82. The number of hydrogen-bond acceptors (Lipinski definition) is 6. The van der Waals surface area contributed by atoms with Gasteiger partial charge in [-0.15, -0.1) is 11.3 Å². The van der Waals surface area contributed by atoms with E-state index >= 15 is 0 Å². The lowest BCUT2D eigenvalue weighted by molar-refractivity contribution is -0.120. The van der Waals surface area contributed by atoms with Crippen molar-refractivity contribution < 1.29 is 13.2 Å². The molecule has 7 nitrogen and oxygen atoms in total. The Morgan fingerprint density at radius 2 is 1.90 bits per heavy atom. The number of thiazole rings is 1. The molecule has 1 aliphatic heterocycles. The van der Waals surface area contributed by atoms with E-state index in [1.807, 2.05) is 17.5 Å². The van der Waals surface area contributed by atoms with Crippen molar-refractivity contribution in [2.24, 2.45) is 5.92 Å². The average molecular weight is 453 g/mol. The van der Waals surface area contributed by atoms with Crippen molar-refractivity contribution in [3.8, 4) is 17.3 Å². The van der Waals surface area contributed by atoms with Gasteiger partial charge in [0.2, 0.25) is 15.9 Å². The van der Waals surface area contributed by atoms with Crippen LogP contribution in [0.2, 0.25) is 0 Å². The van der Waals surface area contributed by atoms with Crippen molar-refractivity contribution >= 4 is 32.4 Å². The number of carbonyl (C=O) groups excluding carboxylic acids is 1. The molecule has 0 aliphatic carbocycles. The Morgan fingerprint density at radius 3 is 2.61 bits per heavy atom. The smallest absolute Gasteiger partial charge is 0.243 e. The summed E-state index contributed by atoms with van der Waals surface area (Å²) < 4.78 is 27.2. The fourth-order valence-electron chi connectivity index (χ4n) is 3.50. The van der Waals surface area contributed by atoms with E-state index in [0.29, 0.717) is 35.8 Å². The van der Waals surface area contributed by atoms with Crippen LogP contribution in [0.15, 0.2) is 64.9 Å². The first-order valence-corrected chi connectivity index (χ1v) is 12.1. The third-order valence-electron chi connectivity index (χ3n) is 5.18. The van der Waals surface area contributed by atoms with Crippen LogP contribution in [0.3, 0.4) is 0 Å². The molecule has 1 N–H and O–H groups in total. The molecule has 9 heteroatoms. The molecule has 1 atom stereocenters. The first-order valence-electron chi connectivity index (χ1n) is 9.79. The van der Waals surface area contributed by atoms with Gasteiger partial charge in [0.05, 0.1) is 28.1 Å². The first kappa shape index (κ1) is 21.2. The minimum absolute atomic E-state index is 0.150. The Hall–Kier alpha value is -3.06. The van der Waals surface area contributed by atoms with E-state index in [-0.39, 0.29) is 17.3 Å². The lowest BCUT2D eigenvalue weighted by Gasteiger charge is -2.31. The summed E-state index contributed by atoms with van der Waals surface area (Å²) in [4.78, 5) is 17.5. The summed E-state index contributed by atoms with van der Waals surface area (Å²) in [5.74, 6) is -0.664. The summed E-state index contributed by atoms with van der Waals surface area (Å²) in [5.41, 5.74) is 2.13. The highest BCUT2D eigenvalue weighted by Gasteiger charge is 2.33. The van der Waals surface area contributed by atoms with Crippen LogP contribution in [-0.4, -0.2) is 36.7 Å². The molecular formula is C22H20N4O3S2. The standard InChI is InChI=1S/C22H20N4O3S2/c23-13-16-8-10-17(11-9-16)20-15-30-22(24-20)25-21(27)18-5-4-12-26(14-18)31(28,29)19-6-2-1-3-7-19/h1-3,6-11,15,18H,4-5,12,14H2,(H,24,25,27). The zero-order chi connectivity index (χ0) is 21.8.